The smallest absolute Gasteiger partial charge is 0.229 e. The zero-order chi connectivity index (χ0) is 15.0. The third kappa shape index (κ3) is 2.35. The first-order chi connectivity index (χ1) is 10.1. The predicted molar refractivity (Wildman–Crippen MR) is 81.9 cm³/mol. The molecule has 0 bridgehead atoms. The summed E-state index contributed by atoms with van der Waals surface area (Å²) in [6.45, 7) is 2.59. The van der Waals surface area contributed by atoms with Crippen molar-refractivity contribution in [2.75, 3.05) is 6.54 Å². The summed E-state index contributed by atoms with van der Waals surface area (Å²) >= 11 is 0. The van der Waals surface area contributed by atoms with Crippen LogP contribution in [0.15, 0.2) is 24.3 Å². The molecule has 0 spiro atoms. The molecule has 1 aliphatic heterocycles. The number of amides is 2. The summed E-state index contributed by atoms with van der Waals surface area (Å²) in [5.74, 6) is -0.0479. The second kappa shape index (κ2) is 5.35. The molecule has 0 aliphatic carbocycles. The largest absolute Gasteiger partial charge is 0.348 e. The van der Waals surface area contributed by atoms with E-state index in [4.69, 9.17) is 0 Å². The molecule has 0 N–H and O–H groups in total. The Kier molecular flexibility index (Phi) is 3.53. The van der Waals surface area contributed by atoms with Crippen LogP contribution < -0.4 is 0 Å². The maximum absolute atomic E-state index is 11.9. The lowest BCUT2D eigenvalue weighted by molar-refractivity contribution is -0.147. The highest BCUT2D eigenvalue weighted by molar-refractivity contribution is 5.97. The molecule has 0 radical (unpaired) electrons. The Hall–Kier alpha value is -2.10. The van der Waals surface area contributed by atoms with Crippen molar-refractivity contribution in [2.24, 2.45) is 7.05 Å². The fourth-order valence-corrected chi connectivity index (χ4v) is 3.19. The molecule has 2 amide bonds. The maximum Gasteiger partial charge on any atom is 0.229 e. The van der Waals surface area contributed by atoms with E-state index in [2.05, 4.69) is 30.7 Å². The summed E-state index contributed by atoms with van der Waals surface area (Å²) in [6, 6.07) is 8.27. The lowest BCUT2D eigenvalue weighted by Gasteiger charge is -2.24. The average Bonchev–Trinajstić information content (AvgIpc) is 2.72. The van der Waals surface area contributed by atoms with E-state index in [0.717, 1.165) is 6.42 Å². The van der Waals surface area contributed by atoms with Crippen molar-refractivity contribution < 1.29 is 9.59 Å². The summed E-state index contributed by atoms with van der Waals surface area (Å²) in [4.78, 5) is 25.2. The number of benzene rings is 1. The van der Waals surface area contributed by atoms with Crippen molar-refractivity contribution >= 4 is 22.7 Å². The first-order valence-electron chi connectivity index (χ1n) is 7.45. The van der Waals surface area contributed by atoms with Crippen molar-refractivity contribution in [2.45, 2.75) is 32.6 Å². The van der Waals surface area contributed by atoms with Crippen LogP contribution >= 0.6 is 0 Å². The number of rotatable bonds is 3. The number of nitrogens with zero attached hydrogens (tertiary/aromatic N) is 2. The zero-order valence-electron chi connectivity index (χ0n) is 12.6. The molecule has 1 aromatic heterocycles. The Balaban J connectivity index is 1.87. The molecule has 0 atom stereocenters. The van der Waals surface area contributed by atoms with Crippen molar-refractivity contribution in [3.8, 4) is 0 Å². The molecule has 110 valence electrons. The third-order valence-electron chi connectivity index (χ3n) is 4.50. The third-order valence-corrected chi connectivity index (χ3v) is 4.50. The molecular weight excluding hydrogens is 264 g/mol. The fraction of sp³-hybridized carbons (Fsp3) is 0.412. The van der Waals surface area contributed by atoms with Crippen LogP contribution in [-0.2, 0) is 23.1 Å². The Labute approximate surface area is 124 Å². The van der Waals surface area contributed by atoms with Crippen LogP contribution in [0.5, 0.6) is 0 Å². The number of carbonyl (C=O) groups is 2. The summed E-state index contributed by atoms with van der Waals surface area (Å²) in [5, 5.41) is 1.22. The van der Waals surface area contributed by atoms with Crippen molar-refractivity contribution in [3.63, 3.8) is 0 Å². The van der Waals surface area contributed by atoms with E-state index in [1.54, 1.807) is 0 Å². The summed E-state index contributed by atoms with van der Waals surface area (Å²) in [5.41, 5.74) is 3.63. The summed E-state index contributed by atoms with van der Waals surface area (Å²) in [6.07, 6.45) is 2.42. The zero-order valence-corrected chi connectivity index (χ0v) is 12.6. The van der Waals surface area contributed by atoms with Gasteiger partial charge in [0.15, 0.2) is 0 Å². The number of hydrogen-bond acceptors (Lipinski definition) is 2. The molecular formula is C17H20N2O2. The van der Waals surface area contributed by atoms with E-state index in [9.17, 15) is 9.59 Å². The van der Waals surface area contributed by atoms with Crippen molar-refractivity contribution in [1.82, 2.24) is 9.47 Å². The average molecular weight is 284 g/mol. The highest BCUT2D eigenvalue weighted by Crippen LogP contribution is 2.25. The molecule has 4 nitrogen and oxygen atoms in total. The molecule has 3 rings (SSSR count). The topological polar surface area (TPSA) is 42.3 Å². The van der Waals surface area contributed by atoms with Crippen LogP contribution in [0.1, 0.15) is 30.5 Å². The normalized spacial score (nSPS) is 16.0. The number of aromatic nitrogens is 1. The highest BCUT2D eigenvalue weighted by Gasteiger charge is 2.26. The molecule has 21 heavy (non-hydrogen) atoms. The van der Waals surface area contributed by atoms with E-state index in [0.29, 0.717) is 25.8 Å². The predicted octanol–water partition coefficient (Wildman–Crippen LogP) is 2.57. The Morgan fingerprint density at radius 2 is 1.76 bits per heavy atom. The maximum atomic E-state index is 11.9. The Morgan fingerprint density at radius 1 is 1.10 bits per heavy atom. The van der Waals surface area contributed by atoms with Crippen LogP contribution in [0.4, 0.5) is 0 Å². The Bertz CT molecular complexity index is 699. The van der Waals surface area contributed by atoms with E-state index in [1.807, 2.05) is 12.1 Å². The SMILES string of the molecule is Cc1c(CCN2C(=O)CCCC2=O)c2ccccc2n1C. The molecule has 1 fully saturated rings. The van der Waals surface area contributed by atoms with Gasteiger partial charge in [-0.05, 0) is 31.4 Å². The number of likely N-dealkylation sites (tertiary alicyclic amines) is 1. The minimum absolute atomic E-state index is 0.0239. The van der Waals surface area contributed by atoms with Gasteiger partial charge in [0.25, 0.3) is 0 Å². The monoisotopic (exact) mass is 284 g/mol. The van der Waals surface area contributed by atoms with E-state index < -0.39 is 0 Å². The minimum Gasteiger partial charge on any atom is -0.348 e. The molecule has 2 heterocycles. The molecule has 1 aliphatic rings. The lowest BCUT2D eigenvalue weighted by atomic mass is 10.1. The molecule has 1 aromatic carbocycles. The molecule has 0 unspecified atom stereocenters. The van der Waals surface area contributed by atoms with Crippen LogP contribution in [0.2, 0.25) is 0 Å². The number of hydrogen-bond donors (Lipinski definition) is 0. The van der Waals surface area contributed by atoms with E-state index in [-0.39, 0.29) is 11.8 Å². The second-order valence-corrected chi connectivity index (χ2v) is 5.68. The quantitative estimate of drug-likeness (QED) is 0.813. The summed E-state index contributed by atoms with van der Waals surface area (Å²) in [7, 11) is 2.05. The van der Waals surface area contributed by atoms with Gasteiger partial charge in [-0.3, -0.25) is 14.5 Å². The van der Waals surface area contributed by atoms with E-state index >= 15 is 0 Å². The first-order valence-corrected chi connectivity index (χ1v) is 7.45. The molecule has 4 heteroatoms. The number of aryl methyl sites for hydroxylation is 1. The van der Waals surface area contributed by atoms with Gasteiger partial charge >= 0.3 is 0 Å². The van der Waals surface area contributed by atoms with Crippen molar-refractivity contribution in [1.29, 1.82) is 0 Å². The fourth-order valence-electron chi connectivity index (χ4n) is 3.19. The van der Waals surface area contributed by atoms with Gasteiger partial charge in [-0.1, -0.05) is 18.2 Å². The second-order valence-electron chi connectivity index (χ2n) is 5.68. The lowest BCUT2D eigenvalue weighted by Crippen LogP contribution is -2.41. The minimum atomic E-state index is -0.0239. The van der Waals surface area contributed by atoms with Crippen LogP contribution in [0.3, 0.4) is 0 Å². The van der Waals surface area contributed by atoms with Gasteiger partial charge < -0.3 is 4.57 Å². The number of imide groups is 1. The van der Waals surface area contributed by atoms with Gasteiger partial charge in [0.2, 0.25) is 11.8 Å². The van der Waals surface area contributed by atoms with Gasteiger partial charge in [-0.25, -0.2) is 0 Å². The molecule has 1 saturated heterocycles. The number of para-hydroxylation sites is 1. The number of piperidine rings is 1. The highest BCUT2D eigenvalue weighted by atomic mass is 16.2. The van der Waals surface area contributed by atoms with Crippen LogP contribution in [0, 0.1) is 6.92 Å². The molecule has 0 saturated carbocycles. The number of fused-ring (bicyclic) bond motifs is 1. The van der Waals surface area contributed by atoms with E-state index in [1.165, 1.54) is 27.1 Å². The van der Waals surface area contributed by atoms with Gasteiger partial charge in [-0.15, -0.1) is 0 Å². The van der Waals surface area contributed by atoms with Gasteiger partial charge in [-0.2, -0.15) is 0 Å². The standard InChI is InChI=1S/C17H20N2O2/c1-12-13(14-6-3-4-7-15(14)18(12)2)10-11-19-16(20)8-5-9-17(19)21/h3-4,6-7H,5,8-11H2,1-2H3. The molecule has 2 aromatic rings. The van der Waals surface area contributed by atoms with Gasteiger partial charge in [0.05, 0.1) is 0 Å². The van der Waals surface area contributed by atoms with Crippen LogP contribution in [-0.4, -0.2) is 27.8 Å². The number of carbonyl (C=O) groups excluding carboxylic acids is 2. The van der Waals surface area contributed by atoms with Crippen molar-refractivity contribution in [3.05, 3.63) is 35.5 Å². The Morgan fingerprint density at radius 3 is 2.48 bits per heavy atom. The summed E-state index contributed by atoms with van der Waals surface area (Å²) < 4.78 is 2.17. The van der Waals surface area contributed by atoms with Gasteiger partial charge in [0, 0.05) is 43.0 Å². The van der Waals surface area contributed by atoms with Gasteiger partial charge in [0.1, 0.15) is 0 Å². The van der Waals surface area contributed by atoms with Crippen LogP contribution in [0.25, 0.3) is 10.9 Å². The first kappa shape index (κ1) is 13.9.